The van der Waals surface area contributed by atoms with E-state index in [9.17, 15) is 9.59 Å². The number of nitrogens with one attached hydrogen (secondary N) is 1. The highest BCUT2D eigenvalue weighted by molar-refractivity contribution is 5.98. The Hall–Kier alpha value is -2.42. The Morgan fingerprint density at radius 3 is 2.30 bits per heavy atom. The number of rotatable bonds is 6. The van der Waals surface area contributed by atoms with Crippen LogP contribution in [-0.2, 0) is 4.79 Å². The van der Waals surface area contributed by atoms with Gasteiger partial charge < -0.3 is 5.32 Å². The zero-order valence-electron chi connectivity index (χ0n) is 13.9. The highest BCUT2D eigenvalue weighted by atomic mass is 16.2. The molecule has 2 rings (SSSR count). The minimum atomic E-state index is -0.0986. The third-order valence-corrected chi connectivity index (χ3v) is 4.09. The van der Waals surface area contributed by atoms with Gasteiger partial charge in [-0.05, 0) is 43.5 Å². The Bertz CT molecular complexity index is 692. The molecule has 0 saturated heterocycles. The molecule has 0 aliphatic carbocycles. The summed E-state index contributed by atoms with van der Waals surface area (Å²) in [7, 11) is 0. The second-order valence-electron chi connectivity index (χ2n) is 5.92. The fraction of sp³-hybridized carbons (Fsp3) is 0.300. The number of amides is 1. The summed E-state index contributed by atoms with van der Waals surface area (Å²) in [5.74, 6) is -0.0887. The maximum atomic E-state index is 12.2. The van der Waals surface area contributed by atoms with Crippen LogP contribution in [0.2, 0.25) is 0 Å². The van der Waals surface area contributed by atoms with Crippen molar-refractivity contribution in [2.24, 2.45) is 0 Å². The molecule has 0 aromatic heterocycles. The number of aryl methyl sites for hydroxylation is 2. The molecule has 1 amide bonds. The van der Waals surface area contributed by atoms with Crippen molar-refractivity contribution in [1.29, 1.82) is 0 Å². The molecule has 0 unspecified atom stereocenters. The summed E-state index contributed by atoms with van der Waals surface area (Å²) in [6.07, 6.45) is 0.443. The molecule has 0 fully saturated rings. The first-order valence-electron chi connectivity index (χ1n) is 7.92. The zero-order chi connectivity index (χ0) is 16.8. The van der Waals surface area contributed by atoms with Crippen LogP contribution in [0.5, 0.6) is 0 Å². The maximum Gasteiger partial charge on any atom is 0.220 e. The standard InChI is InChI=1S/C20H23NO2/c1-14-9-10-18(13-15(14)2)19(22)11-12-20(23)21-16(3)17-7-5-4-6-8-17/h4-10,13,16H,11-12H2,1-3H3,(H,21,23)/t16-/m1/s1. The van der Waals surface area contributed by atoms with Crippen molar-refractivity contribution < 1.29 is 9.59 Å². The smallest absolute Gasteiger partial charge is 0.220 e. The van der Waals surface area contributed by atoms with Crippen LogP contribution in [0, 0.1) is 13.8 Å². The predicted molar refractivity (Wildman–Crippen MR) is 92.5 cm³/mol. The normalized spacial score (nSPS) is 11.8. The molecule has 0 aliphatic rings. The fourth-order valence-corrected chi connectivity index (χ4v) is 2.42. The average Bonchev–Trinajstić information content (AvgIpc) is 2.56. The van der Waals surface area contributed by atoms with E-state index < -0.39 is 0 Å². The lowest BCUT2D eigenvalue weighted by molar-refractivity contribution is -0.121. The minimum Gasteiger partial charge on any atom is -0.350 e. The first-order chi connectivity index (χ1) is 11.0. The first-order valence-corrected chi connectivity index (χ1v) is 7.92. The van der Waals surface area contributed by atoms with Crippen LogP contribution in [0.3, 0.4) is 0 Å². The molecule has 0 saturated carbocycles. The van der Waals surface area contributed by atoms with Crippen LogP contribution < -0.4 is 5.32 Å². The highest BCUT2D eigenvalue weighted by Gasteiger charge is 2.12. The van der Waals surface area contributed by atoms with Crippen molar-refractivity contribution in [3.05, 3.63) is 70.8 Å². The molecular weight excluding hydrogens is 286 g/mol. The van der Waals surface area contributed by atoms with E-state index in [1.165, 1.54) is 0 Å². The van der Waals surface area contributed by atoms with Crippen molar-refractivity contribution in [2.75, 3.05) is 0 Å². The Kier molecular flexibility index (Phi) is 5.69. The summed E-state index contributed by atoms with van der Waals surface area (Å²) in [6.45, 7) is 5.95. The first kappa shape index (κ1) is 16.9. The molecule has 0 spiro atoms. The Morgan fingerprint density at radius 2 is 1.65 bits per heavy atom. The van der Waals surface area contributed by atoms with Crippen molar-refractivity contribution >= 4 is 11.7 Å². The Labute approximate surface area is 137 Å². The number of carbonyl (C=O) groups excluding carboxylic acids is 2. The van der Waals surface area contributed by atoms with Crippen LogP contribution in [0.4, 0.5) is 0 Å². The maximum absolute atomic E-state index is 12.2. The van der Waals surface area contributed by atoms with Gasteiger partial charge in [0.15, 0.2) is 5.78 Å². The SMILES string of the molecule is Cc1ccc(C(=O)CCC(=O)N[C@H](C)c2ccccc2)cc1C. The monoisotopic (exact) mass is 309 g/mol. The van der Waals surface area contributed by atoms with Crippen molar-refractivity contribution in [1.82, 2.24) is 5.32 Å². The van der Waals surface area contributed by atoms with Crippen LogP contribution >= 0.6 is 0 Å². The molecule has 1 N–H and O–H groups in total. The van der Waals surface area contributed by atoms with E-state index in [1.807, 2.05) is 69.3 Å². The topological polar surface area (TPSA) is 46.2 Å². The summed E-state index contributed by atoms with van der Waals surface area (Å²) in [5.41, 5.74) is 3.99. The third kappa shape index (κ3) is 4.78. The van der Waals surface area contributed by atoms with Gasteiger partial charge in [0.05, 0.1) is 6.04 Å². The molecule has 0 aliphatic heterocycles. The van der Waals surface area contributed by atoms with Crippen molar-refractivity contribution in [2.45, 2.75) is 39.7 Å². The van der Waals surface area contributed by atoms with Crippen LogP contribution in [0.15, 0.2) is 48.5 Å². The van der Waals surface area contributed by atoms with Gasteiger partial charge in [0.2, 0.25) is 5.91 Å². The van der Waals surface area contributed by atoms with Gasteiger partial charge in [-0.15, -0.1) is 0 Å². The summed E-state index contributed by atoms with van der Waals surface area (Å²) in [4.78, 5) is 24.2. The van der Waals surface area contributed by atoms with Gasteiger partial charge in [-0.3, -0.25) is 9.59 Å². The number of hydrogen-bond donors (Lipinski definition) is 1. The number of hydrogen-bond acceptors (Lipinski definition) is 2. The summed E-state index contributed by atoms with van der Waals surface area (Å²) in [6, 6.07) is 15.4. The van der Waals surface area contributed by atoms with Crippen molar-refractivity contribution in [3.63, 3.8) is 0 Å². The number of ketones is 1. The van der Waals surface area contributed by atoms with Gasteiger partial charge in [-0.1, -0.05) is 42.5 Å². The lowest BCUT2D eigenvalue weighted by Gasteiger charge is -2.14. The zero-order valence-corrected chi connectivity index (χ0v) is 13.9. The molecular formula is C20H23NO2. The van der Waals surface area contributed by atoms with E-state index in [4.69, 9.17) is 0 Å². The molecule has 2 aromatic rings. The molecule has 3 nitrogen and oxygen atoms in total. The van der Waals surface area contributed by atoms with Crippen LogP contribution in [0.25, 0.3) is 0 Å². The number of carbonyl (C=O) groups is 2. The minimum absolute atomic E-state index is 0.00983. The van der Waals surface area contributed by atoms with E-state index >= 15 is 0 Å². The van der Waals surface area contributed by atoms with Gasteiger partial charge in [0, 0.05) is 18.4 Å². The number of Topliss-reactive ketones (excluding diaryl/α,β-unsaturated/α-hetero) is 1. The molecule has 23 heavy (non-hydrogen) atoms. The lowest BCUT2D eigenvalue weighted by atomic mass is 10.0. The van der Waals surface area contributed by atoms with Gasteiger partial charge in [-0.2, -0.15) is 0 Å². The van der Waals surface area contributed by atoms with Gasteiger partial charge in [0.25, 0.3) is 0 Å². The van der Waals surface area contributed by atoms with E-state index in [-0.39, 0.29) is 30.6 Å². The van der Waals surface area contributed by atoms with Crippen LogP contribution in [0.1, 0.15) is 52.9 Å². The molecule has 0 radical (unpaired) electrons. The molecule has 1 atom stereocenters. The quantitative estimate of drug-likeness (QED) is 0.815. The average molecular weight is 309 g/mol. The predicted octanol–water partition coefficient (Wildman–Crippen LogP) is 4.14. The Balaban J connectivity index is 1.86. The second kappa shape index (κ2) is 7.73. The molecule has 120 valence electrons. The van der Waals surface area contributed by atoms with E-state index in [2.05, 4.69) is 5.32 Å². The van der Waals surface area contributed by atoms with E-state index in [0.29, 0.717) is 5.56 Å². The fourth-order valence-electron chi connectivity index (χ4n) is 2.42. The summed E-state index contributed by atoms with van der Waals surface area (Å²) in [5, 5.41) is 2.93. The van der Waals surface area contributed by atoms with Gasteiger partial charge in [0.1, 0.15) is 0 Å². The molecule has 2 aromatic carbocycles. The lowest BCUT2D eigenvalue weighted by Crippen LogP contribution is -2.26. The van der Waals surface area contributed by atoms with E-state index in [0.717, 1.165) is 16.7 Å². The second-order valence-corrected chi connectivity index (χ2v) is 5.92. The van der Waals surface area contributed by atoms with Gasteiger partial charge in [-0.25, -0.2) is 0 Å². The molecule has 3 heteroatoms. The van der Waals surface area contributed by atoms with Crippen molar-refractivity contribution in [3.8, 4) is 0 Å². The summed E-state index contributed by atoms with van der Waals surface area (Å²) >= 11 is 0. The third-order valence-electron chi connectivity index (χ3n) is 4.09. The largest absolute Gasteiger partial charge is 0.350 e. The Morgan fingerprint density at radius 1 is 0.957 bits per heavy atom. The summed E-state index contributed by atoms with van der Waals surface area (Å²) < 4.78 is 0. The molecule has 0 bridgehead atoms. The van der Waals surface area contributed by atoms with Crippen LogP contribution in [-0.4, -0.2) is 11.7 Å². The van der Waals surface area contributed by atoms with E-state index in [1.54, 1.807) is 0 Å². The molecule has 0 heterocycles. The number of benzene rings is 2. The van der Waals surface area contributed by atoms with Gasteiger partial charge >= 0.3 is 0 Å². The highest BCUT2D eigenvalue weighted by Crippen LogP contribution is 2.14.